The molecule has 1 aromatic carbocycles. The highest BCUT2D eigenvalue weighted by Gasteiger charge is 2.45. The number of hydrogen-bond donors (Lipinski definition) is 1. The van der Waals surface area contributed by atoms with Crippen LogP contribution in [0.1, 0.15) is 73.4 Å². The van der Waals surface area contributed by atoms with Crippen LogP contribution in [0.3, 0.4) is 0 Å². The number of halogens is 2. The summed E-state index contributed by atoms with van der Waals surface area (Å²) in [5, 5.41) is 0. The zero-order valence-electron chi connectivity index (χ0n) is 18.3. The van der Waals surface area contributed by atoms with Crippen LogP contribution in [-0.4, -0.2) is 6.86 Å². The average molecular weight is 425 g/mol. The zero-order valence-corrected chi connectivity index (χ0v) is 20.8. The van der Waals surface area contributed by atoms with E-state index in [1.54, 1.807) is 0 Å². The molecule has 1 nitrogen and oxygen atoms in total. The molecule has 0 saturated carbocycles. The first-order valence-electron chi connectivity index (χ1n) is 9.73. The van der Waals surface area contributed by atoms with Crippen molar-refractivity contribution in [3.63, 3.8) is 0 Å². The lowest BCUT2D eigenvalue weighted by Crippen LogP contribution is -2.39. The third-order valence-corrected chi connectivity index (χ3v) is 9.03. The molecule has 150 valence electrons. The van der Waals surface area contributed by atoms with Gasteiger partial charge in [-0.1, -0.05) is 98.2 Å². The Kier molecular flexibility index (Phi) is 6.09. The Balaban J connectivity index is 2.48. The second-order valence-corrected chi connectivity index (χ2v) is 17.0. The van der Waals surface area contributed by atoms with E-state index >= 15 is 0 Å². The molecule has 0 amide bonds. The summed E-state index contributed by atoms with van der Waals surface area (Å²) in [5.74, 6) is 0. The summed E-state index contributed by atoms with van der Waals surface area (Å²) in [6.07, 6.45) is 6.43. The van der Waals surface area contributed by atoms with E-state index in [-0.39, 0.29) is 21.8 Å². The molecular formula is C23H35Cl2NSi. The van der Waals surface area contributed by atoms with Gasteiger partial charge in [-0.05, 0) is 33.4 Å². The number of hydrogen-bond acceptors (Lipinski definition) is 1. The maximum absolute atomic E-state index is 7.07. The van der Waals surface area contributed by atoms with Crippen LogP contribution < -0.4 is 4.98 Å². The number of benzene rings is 1. The number of nitrogens with one attached hydrogen (secondary N) is 1. The fraction of sp³-hybridized carbons (Fsp3) is 0.565. The van der Waals surface area contributed by atoms with E-state index in [1.807, 2.05) is 0 Å². The molecule has 0 aliphatic heterocycles. The highest BCUT2D eigenvalue weighted by atomic mass is 35.7. The van der Waals surface area contributed by atoms with Gasteiger partial charge >= 0.3 is 6.86 Å². The third kappa shape index (κ3) is 5.22. The summed E-state index contributed by atoms with van der Waals surface area (Å²) in [6.45, 7) is 17.2. The molecule has 1 aliphatic rings. The van der Waals surface area contributed by atoms with Gasteiger partial charge in [0, 0.05) is 11.2 Å². The molecule has 0 heterocycles. The van der Waals surface area contributed by atoms with E-state index in [0.29, 0.717) is 0 Å². The first-order valence-corrected chi connectivity index (χ1v) is 13.8. The monoisotopic (exact) mass is 423 g/mol. The lowest BCUT2D eigenvalue weighted by molar-refractivity contribution is 0.495. The Morgan fingerprint density at radius 3 is 1.93 bits per heavy atom. The minimum Gasteiger partial charge on any atom is -0.386 e. The van der Waals surface area contributed by atoms with E-state index in [0.717, 1.165) is 5.69 Å². The zero-order chi connectivity index (χ0) is 20.8. The molecule has 1 aromatic rings. The van der Waals surface area contributed by atoms with Crippen molar-refractivity contribution in [2.75, 3.05) is 4.98 Å². The molecule has 0 aromatic heterocycles. The smallest absolute Gasteiger partial charge is 0.361 e. The van der Waals surface area contributed by atoms with Crippen molar-refractivity contribution in [2.45, 2.75) is 78.7 Å². The van der Waals surface area contributed by atoms with Crippen molar-refractivity contribution < 1.29 is 0 Å². The van der Waals surface area contributed by atoms with Gasteiger partial charge in [0.2, 0.25) is 0 Å². The summed E-state index contributed by atoms with van der Waals surface area (Å²) < 4.78 is 0. The maximum Gasteiger partial charge on any atom is 0.361 e. The lowest BCUT2D eigenvalue weighted by atomic mass is 9.81. The summed E-state index contributed by atoms with van der Waals surface area (Å²) in [7, 11) is 0. The topological polar surface area (TPSA) is 12.0 Å². The first kappa shape index (κ1) is 22.6. The number of rotatable bonds is 3. The minimum absolute atomic E-state index is 0.00518. The van der Waals surface area contributed by atoms with Crippen LogP contribution in [0.15, 0.2) is 42.0 Å². The normalized spacial score (nSPS) is 18.6. The summed E-state index contributed by atoms with van der Waals surface area (Å²) in [4.78, 5) is 3.63. The summed E-state index contributed by atoms with van der Waals surface area (Å²) >= 11 is 14.1. The van der Waals surface area contributed by atoms with Crippen molar-refractivity contribution in [2.24, 2.45) is 5.41 Å². The van der Waals surface area contributed by atoms with E-state index in [4.69, 9.17) is 22.2 Å². The second kappa shape index (κ2) is 7.28. The van der Waals surface area contributed by atoms with Crippen molar-refractivity contribution in [3.8, 4) is 0 Å². The molecule has 1 atom stereocenters. The van der Waals surface area contributed by atoms with Crippen LogP contribution in [-0.2, 0) is 10.8 Å². The summed E-state index contributed by atoms with van der Waals surface area (Å²) in [6, 6.07) is 6.70. The van der Waals surface area contributed by atoms with E-state index in [1.165, 1.54) is 16.7 Å². The summed E-state index contributed by atoms with van der Waals surface area (Å²) in [5.41, 5.74) is 5.08. The maximum atomic E-state index is 7.07. The molecule has 0 spiro atoms. The van der Waals surface area contributed by atoms with Gasteiger partial charge < -0.3 is 4.98 Å². The molecule has 0 bridgehead atoms. The Labute approximate surface area is 176 Å². The van der Waals surface area contributed by atoms with Gasteiger partial charge in [0.15, 0.2) is 0 Å². The molecule has 4 heteroatoms. The molecule has 0 saturated heterocycles. The van der Waals surface area contributed by atoms with Crippen LogP contribution >= 0.6 is 22.2 Å². The van der Waals surface area contributed by atoms with Crippen molar-refractivity contribution >= 4 is 34.7 Å². The fourth-order valence-electron chi connectivity index (χ4n) is 3.54. The van der Waals surface area contributed by atoms with Gasteiger partial charge in [0.25, 0.3) is 0 Å². The van der Waals surface area contributed by atoms with Gasteiger partial charge in [-0.2, -0.15) is 0 Å². The Morgan fingerprint density at radius 1 is 0.852 bits per heavy atom. The quantitative estimate of drug-likeness (QED) is 0.383. The molecule has 27 heavy (non-hydrogen) atoms. The van der Waals surface area contributed by atoms with Crippen molar-refractivity contribution in [1.82, 2.24) is 0 Å². The third-order valence-electron chi connectivity index (χ3n) is 5.17. The standard InChI is InChI=1S/C23H35Cl2NSi/c1-21(2,3)16-13-14-17(22(4,5)6)19(15-16)26-27(24,25)20-12-10-11-18(20)23(7,8)9/h10-15,20,26H,1-9H3. The van der Waals surface area contributed by atoms with E-state index in [2.05, 4.69) is 104 Å². The molecule has 1 unspecified atom stereocenters. The molecule has 2 rings (SSSR count). The highest BCUT2D eigenvalue weighted by molar-refractivity contribution is 7.47. The lowest BCUT2D eigenvalue weighted by Gasteiger charge is -2.35. The van der Waals surface area contributed by atoms with Crippen molar-refractivity contribution in [1.29, 1.82) is 0 Å². The second-order valence-electron chi connectivity index (χ2n) is 10.7. The van der Waals surface area contributed by atoms with Gasteiger partial charge in [-0.3, -0.25) is 0 Å². The van der Waals surface area contributed by atoms with Crippen LogP contribution in [0.4, 0.5) is 5.69 Å². The molecular weight excluding hydrogens is 389 g/mol. The molecule has 1 N–H and O–H groups in total. The Morgan fingerprint density at radius 2 is 1.44 bits per heavy atom. The number of anilines is 1. The Bertz CT molecular complexity index is 756. The predicted molar refractivity (Wildman–Crippen MR) is 125 cm³/mol. The predicted octanol–water partition coefficient (Wildman–Crippen LogP) is 8.02. The largest absolute Gasteiger partial charge is 0.386 e. The van der Waals surface area contributed by atoms with Gasteiger partial charge in [0.1, 0.15) is 0 Å². The fourth-order valence-corrected chi connectivity index (χ4v) is 7.28. The van der Waals surface area contributed by atoms with Gasteiger partial charge in [0.05, 0.1) is 0 Å². The van der Waals surface area contributed by atoms with E-state index in [9.17, 15) is 0 Å². The van der Waals surface area contributed by atoms with Gasteiger partial charge in [-0.25, -0.2) is 0 Å². The van der Waals surface area contributed by atoms with Crippen molar-refractivity contribution in [3.05, 3.63) is 53.1 Å². The SMILES string of the molecule is CC(C)(C)C1=CC=CC1[Si](Cl)(Cl)Nc1cc(C(C)(C)C)ccc1C(C)(C)C. The number of allylic oxidation sites excluding steroid dienone is 4. The Hall–Kier alpha value is -0.703. The van der Waals surface area contributed by atoms with Crippen LogP contribution in [0.5, 0.6) is 0 Å². The van der Waals surface area contributed by atoms with Gasteiger partial charge in [-0.15, -0.1) is 22.2 Å². The first-order chi connectivity index (χ1) is 12.0. The molecule has 1 aliphatic carbocycles. The molecule has 0 fully saturated rings. The van der Waals surface area contributed by atoms with Crippen LogP contribution in [0, 0.1) is 5.41 Å². The van der Waals surface area contributed by atoms with E-state index < -0.39 is 6.86 Å². The highest BCUT2D eigenvalue weighted by Crippen LogP contribution is 2.48. The molecule has 0 radical (unpaired) electrons. The average Bonchev–Trinajstić information content (AvgIpc) is 2.94. The van der Waals surface area contributed by atoms with Crippen LogP contribution in [0.2, 0.25) is 5.54 Å². The minimum atomic E-state index is -2.84. The van der Waals surface area contributed by atoms with Crippen LogP contribution in [0.25, 0.3) is 0 Å².